The van der Waals surface area contributed by atoms with E-state index in [1.807, 2.05) is 35.0 Å². The fourth-order valence-corrected chi connectivity index (χ4v) is 3.23. The molecule has 6 heteroatoms. The standard InChI is InChI=1S/C20H22F2N2O2/c1-23(12-15-5-4-8-18(11-15)26-20(21)22)14-19(25)24-10-9-16-6-2-3-7-17(16)13-24/h2-8,11,20H,9-10,12-14H2,1H3. The molecule has 0 N–H and O–H groups in total. The third-order valence-electron chi connectivity index (χ3n) is 4.46. The van der Waals surface area contributed by atoms with Crippen molar-refractivity contribution < 1.29 is 18.3 Å². The number of carbonyl (C=O) groups is 1. The van der Waals surface area contributed by atoms with Gasteiger partial charge in [0.2, 0.25) is 5.91 Å². The summed E-state index contributed by atoms with van der Waals surface area (Å²) in [5.74, 6) is 0.201. The average molecular weight is 360 g/mol. The molecule has 1 aliphatic rings. The Balaban J connectivity index is 1.55. The van der Waals surface area contributed by atoms with Crippen LogP contribution in [0.5, 0.6) is 5.75 Å². The number of carbonyl (C=O) groups excluding carboxylic acids is 1. The fraction of sp³-hybridized carbons (Fsp3) is 0.350. The molecule has 0 fully saturated rings. The molecular weight excluding hydrogens is 338 g/mol. The molecular formula is C20H22F2N2O2. The van der Waals surface area contributed by atoms with Crippen LogP contribution in [0.2, 0.25) is 0 Å². The van der Waals surface area contributed by atoms with Crippen molar-refractivity contribution in [2.45, 2.75) is 26.1 Å². The van der Waals surface area contributed by atoms with Crippen LogP contribution in [0.4, 0.5) is 8.78 Å². The lowest BCUT2D eigenvalue weighted by molar-refractivity contribution is -0.133. The Kier molecular flexibility index (Phi) is 5.83. The van der Waals surface area contributed by atoms with Crippen LogP contribution in [0, 0.1) is 0 Å². The minimum atomic E-state index is -2.84. The summed E-state index contributed by atoms with van der Waals surface area (Å²) in [7, 11) is 1.84. The van der Waals surface area contributed by atoms with E-state index in [9.17, 15) is 13.6 Å². The third kappa shape index (κ3) is 4.79. The van der Waals surface area contributed by atoms with Crippen molar-refractivity contribution in [2.24, 2.45) is 0 Å². The molecule has 1 aliphatic heterocycles. The van der Waals surface area contributed by atoms with Crippen LogP contribution in [-0.2, 0) is 24.3 Å². The van der Waals surface area contributed by atoms with Gasteiger partial charge in [0, 0.05) is 19.6 Å². The highest BCUT2D eigenvalue weighted by Crippen LogP contribution is 2.19. The molecule has 0 atom stereocenters. The van der Waals surface area contributed by atoms with Crippen LogP contribution in [0.25, 0.3) is 0 Å². The van der Waals surface area contributed by atoms with Crippen molar-refractivity contribution in [1.82, 2.24) is 9.80 Å². The summed E-state index contributed by atoms with van der Waals surface area (Å²) >= 11 is 0. The number of amides is 1. The van der Waals surface area contributed by atoms with Crippen molar-refractivity contribution in [3.63, 3.8) is 0 Å². The second-order valence-corrected chi connectivity index (χ2v) is 6.53. The molecule has 26 heavy (non-hydrogen) atoms. The summed E-state index contributed by atoms with van der Waals surface area (Å²) < 4.78 is 29.0. The number of likely N-dealkylation sites (N-methyl/N-ethyl adjacent to an activating group) is 1. The topological polar surface area (TPSA) is 32.8 Å². The van der Waals surface area contributed by atoms with Gasteiger partial charge >= 0.3 is 6.61 Å². The maximum Gasteiger partial charge on any atom is 0.387 e. The highest BCUT2D eigenvalue weighted by molar-refractivity contribution is 5.78. The fourth-order valence-electron chi connectivity index (χ4n) is 3.23. The van der Waals surface area contributed by atoms with Crippen molar-refractivity contribution in [3.8, 4) is 5.75 Å². The molecule has 1 amide bonds. The first-order valence-electron chi connectivity index (χ1n) is 8.58. The van der Waals surface area contributed by atoms with E-state index in [0.717, 1.165) is 18.5 Å². The molecule has 0 bridgehead atoms. The summed E-state index contributed by atoms with van der Waals surface area (Å²) in [6.07, 6.45) is 0.874. The lowest BCUT2D eigenvalue weighted by Crippen LogP contribution is -2.41. The molecule has 0 unspecified atom stereocenters. The van der Waals surface area contributed by atoms with E-state index in [4.69, 9.17) is 0 Å². The Morgan fingerprint density at radius 3 is 2.73 bits per heavy atom. The Morgan fingerprint density at radius 2 is 1.96 bits per heavy atom. The molecule has 2 aromatic carbocycles. The van der Waals surface area contributed by atoms with Crippen molar-refractivity contribution in [3.05, 3.63) is 65.2 Å². The first kappa shape index (κ1) is 18.3. The van der Waals surface area contributed by atoms with Crippen molar-refractivity contribution in [2.75, 3.05) is 20.1 Å². The molecule has 0 radical (unpaired) electrons. The van der Waals surface area contributed by atoms with Gasteiger partial charge in [-0.1, -0.05) is 36.4 Å². The molecule has 0 saturated heterocycles. The maximum absolute atomic E-state index is 12.6. The highest BCUT2D eigenvalue weighted by atomic mass is 19.3. The van der Waals surface area contributed by atoms with E-state index in [2.05, 4.69) is 16.9 Å². The minimum absolute atomic E-state index is 0.0713. The molecule has 3 rings (SSSR count). The zero-order valence-electron chi connectivity index (χ0n) is 14.7. The lowest BCUT2D eigenvalue weighted by atomic mass is 10.00. The van der Waals surface area contributed by atoms with Crippen LogP contribution in [0.3, 0.4) is 0 Å². The summed E-state index contributed by atoms with van der Waals surface area (Å²) in [6, 6.07) is 14.8. The number of ether oxygens (including phenoxy) is 1. The second kappa shape index (κ2) is 8.27. The number of hydrogen-bond acceptors (Lipinski definition) is 3. The molecule has 0 spiro atoms. The number of halogens is 2. The Bertz CT molecular complexity index is 767. The lowest BCUT2D eigenvalue weighted by Gasteiger charge is -2.30. The smallest absolute Gasteiger partial charge is 0.387 e. The van der Waals surface area contributed by atoms with Gasteiger partial charge in [-0.2, -0.15) is 8.78 Å². The number of fused-ring (bicyclic) bond motifs is 1. The van der Waals surface area contributed by atoms with Crippen LogP contribution in [0.1, 0.15) is 16.7 Å². The molecule has 0 aromatic heterocycles. The molecule has 138 valence electrons. The molecule has 1 heterocycles. The summed E-state index contributed by atoms with van der Waals surface area (Å²) in [4.78, 5) is 16.3. The van der Waals surface area contributed by atoms with E-state index in [-0.39, 0.29) is 18.2 Å². The quantitative estimate of drug-likeness (QED) is 0.792. The number of benzene rings is 2. The molecule has 0 aliphatic carbocycles. The van der Waals surface area contributed by atoms with Gasteiger partial charge in [0.1, 0.15) is 5.75 Å². The van der Waals surface area contributed by atoms with E-state index in [0.29, 0.717) is 13.1 Å². The Labute approximate surface area is 152 Å². The van der Waals surface area contributed by atoms with Crippen LogP contribution in [0.15, 0.2) is 48.5 Å². The molecule has 0 saturated carbocycles. The zero-order chi connectivity index (χ0) is 18.5. The van der Waals surface area contributed by atoms with Gasteiger partial charge in [0.05, 0.1) is 6.54 Å². The normalized spacial score (nSPS) is 13.8. The largest absolute Gasteiger partial charge is 0.435 e. The average Bonchev–Trinajstić information content (AvgIpc) is 2.61. The SMILES string of the molecule is CN(CC(=O)N1CCc2ccccc2C1)Cc1cccc(OC(F)F)c1. The van der Waals surface area contributed by atoms with Crippen molar-refractivity contribution in [1.29, 1.82) is 0 Å². The van der Waals surface area contributed by atoms with Gasteiger partial charge in [0.15, 0.2) is 0 Å². The van der Waals surface area contributed by atoms with Gasteiger partial charge in [-0.15, -0.1) is 0 Å². The number of alkyl halides is 2. The third-order valence-corrected chi connectivity index (χ3v) is 4.46. The predicted molar refractivity (Wildman–Crippen MR) is 95.0 cm³/mol. The van der Waals surface area contributed by atoms with Crippen LogP contribution >= 0.6 is 0 Å². The summed E-state index contributed by atoms with van der Waals surface area (Å²) in [5, 5.41) is 0. The molecule has 4 nitrogen and oxygen atoms in total. The zero-order valence-corrected chi connectivity index (χ0v) is 14.7. The van der Waals surface area contributed by atoms with Gasteiger partial charge < -0.3 is 9.64 Å². The minimum Gasteiger partial charge on any atom is -0.435 e. The highest BCUT2D eigenvalue weighted by Gasteiger charge is 2.21. The van der Waals surface area contributed by atoms with Gasteiger partial charge in [-0.05, 0) is 42.3 Å². The van der Waals surface area contributed by atoms with E-state index < -0.39 is 6.61 Å². The number of hydrogen-bond donors (Lipinski definition) is 0. The first-order chi connectivity index (χ1) is 12.5. The second-order valence-electron chi connectivity index (χ2n) is 6.53. The van der Waals surface area contributed by atoms with Gasteiger partial charge in [0.25, 0.3) is 0 Å². The summed E-state index contributed by atoms with van der Waals surface area (Å²) in [6.45, 7) is -0.716. The first-order valence-corrected chi connectivity index (χ1v) is 8.58. The van der Waals surface area contributed by atoms with E-state index >= 15 is 0 Å². The Hall–Kier alpha value is -2.47. The predicted octanol–water partition coefficient (Wildman–Crippen LogP) is 3.30. The molecule has 2 aromatic rings. The van der Waals surface area contributed by atoms with Gasteiger partial charge in [-0.3, -0.25) is 9.69 Å². The van der Waals surface area contributed by atoms with Crippen LogP contribution < -0.4 is 4.74 Å². The van der Waals surface area contributed by atoms with Gasteiger partial charge in [-0.25, -0.2) is 0 Å². The van der Waals surface area contributed by atoms with E-state index in [1.54, 1.807) is 12.1 Å². The number of rotatable bonds is 6. The Morgan fingerprint density at radius 1 is 1.19 bits per heavy atom. The monoisotopic (exact) mass is 360 g/mol. The van der Waals surface area contributed by atoms with Crippen molar-refractivity contribution >= 4 is 5.91 Å². The summed E-state index contributed by atoms with van der Waals surface area (Å²) in [5.41, 5.74) is 3.33. The van der Waals surface area contributed by atoms with E-state index in [1.165, 1.54) is 17.2 Å². The maximum atomic E-state index is 12.6. The van der Waals surface area contributed by atoms with Crippen LogP contribution in [-0.4, -0.2) is 42.5 Å². The number of nitrogens with zero attached hydrogens (tertiary/aromatic N) is 2.